The molecule has 0 radical (unpaired) electrons. The van der Waals surface area contributed by atoms with E-state index in [2.05, 4.69) is 10.1 Å². The zero-order chi connectivity index (χ0) is 9.84. The Hall–Kier alpha value is -2.11. The molecule has 1 aromatic rings. The minimum Gasteiger partial charge on any atom is -0.409 e. The van der Waals surface area contributed by atoms with Gasteiger partial charge in [-0.15, -0.1) is 0 Å². The fourth-order valence-corrected chi connectivity index (χ4v) is 0.775. The molecule has 1 heterocycles. The van der Waals surface area contributed by atoms with Crippen molar-refractivity contribution in [1.82, 2.24) is 4.98 Å². The lowest BCUT2D eigenvalue weighted by Crippen LogP contribution is -2.17. The topological polar surface area (TPSA) is 115 Å². The number of nitrogens with two attached hydrogens (primary N) is 2. The van der Waals surface area contributed by atoms with Gasteiger partial charge in [0.15, 0.2) is 5.84 Å². The molecule has 0 aliphatic carbocycles. The standard InChI is InChI=1S/C7H8N4O2/c8-6(11-13)5-3-4(7(9)12)1-2-10-5/h1-3,13H,(H2,8,11)(H2,9,12). The first-order chi connectivity index (χ1) is 6.15. The van der Waals surface area contributed by atoms with Crippen LogP contribution in [0.1, 0.15) is 16.1 Å². The Morgan fingerprint density at radius 3 is 2.77 bits per heavy atom. The van der Waals surface area contributed by atoms with Crippen LogP contribution >= 0.6 is 0 Å². The van der Waals surface area contributed by atoms with Crippen LogP contribution in [-0.4, -0.2) is 21.9 Å². The molecular formula is C7H8N4O2. The summed E-state index contributed by atoms with van der Waals surface area (Å²) in [6.45, 7) is 0. The molecule has 0 aromatic carbocycles. The highest BCUT2D eigenvalue weighted by atomic mass is 16.4. The summed E-state index contributed by atoms with van der Waals surface area (Å²) in [6.07, 6.45) is 1.35. The number of hydrogen-bond acceptors (Lipinski definition) is 4. The number of primary amides is 1. The Morgan fingerprint density at radius 2 is 2.23 bits per heavy atom. The van der Waals surface area contributed by atoms with Gasteiger partial charge in [-0.3, -0.25) is 9.78 Å². The summed E-state index contributed by atoms with van der Waals surface area (Å²) in [5.41, 5.74) is 10.7. The second kappa shape index (κ2) is 3.53. The van der Waals surface area contributed by atoms with Crippen LogP contribution in [0, 0.1) is 0 Å². The number of amides is 1. The molecule has 13 heavy (non-hydrogen) atoms. The van der Waals surface area contributed by atoms with Crippen LogP contribution < -0.4 is 11.5 Å². The van der Waals surface area contributed by atoms with Crippen LogP contribution in [0.3, 0.4) is 0 Å². The van der Waals surface area contributed by atoms with E-state index in [1.54, 1.807) is 0 Å². The molecule has 0 bridgehead atoms. The Labute approximate surface area is 73.9 Å². The minimum absolute atomic E-state index is 0.164. The van der Waals surface area contributed by atoms with Gasteiger partial charge in [0.2, 0.25) is 5.91 Å². The number of carbonyl (C=O) groups is 1. The highest BCUT2D eigenvalue weighted by Gasteiger charge is 2.04. The summed E-state index contributed by atoms with van der Waals surface area (Å²) >= 11 is 0. The zero-order valence-electron chi connectivity index (χ0n) is 6.64. The maximum absolute atomic E-state index is 10.7. The van der Waals surface area contributed by atoms with E-state index in [-0.39, 0.29) is 17.1 Å². The molecule has 1 aromatic heterocycles. The van der Waals surface area contributed by atoms with Crippen LogP contribution in [-0.2, 0) is 0 Å². The van der Waals surface area contributed by atoms with Crippen molar-refractivity contribution in [2.45, 2.75) is 0 Å². The normalized spacial score (nSPS) is 11.2. The van der Waals surface area contributed by atoms with Gasteiger partial charge in [0.1, 0.15) is 5.69 Å². The Bertz CT molecular complexity index is 361. The molecule has 0 spiro atoms. The fraction of sp³-hybridized carbons (Fsp3) is 0. The molecule has 0 aliphatic heterocycles. The number of rotatable bonds is 2. The predicted octanol–water partition coefficient (Wildman–Crippen LogP) is -0.725. The fourth-order valence-electron chi connectivity index (χ4n) is 0.775. The zero-order valence-corrected chi connectivity index (χ0v) is 6.64. The van der Waals surface area contributed by atoms with E-state index in [0.717, 1.165) is 0 Å². The molecule has 68 valence electrons. The molecule has 6 heteroatoms. The third kappa shape index (κ3) is 1.92. The predicted molar refractivity (Wildman–Crippen MR) is 45.3 cm³/mol. The number of hydrogen-bond donors (Lipinski definition) is 3. The van der Waals surface area contributed by atoms with Crippen LogP contribution in [0.25, 0.3) is 0 Å². The number of carbonyl (C=O) groups excluding carboxylic acids is 1. The van der Waals surface area contributed by atoms with Gasteiger partial charge in [0.05, 0.1) is 0 Å². The second-order valence-corrected chi connectivity index (χ2v) is 2.28. The first-order valence-corrected chi connectivity index (χ1v) is 3.39. The van der Waals surface area contributed by atoms with Crippen molar-refractivity contribution in [3.8, 4) is 0 Å². The molecule has 0 aliphatic rings. The molecule has 0 saturated heterocycles. The van der Waals surface area contributed by atoms with Crippen LogP contribution in [0.2, 0.25) is 0 Å². The van der Waals surface area contributed by atoms with Gasteiger partial charge in [-0.05, 0) is 12.1 Å². The number of pyridine rings is 1. The molecular weight excluding hydrogens is 172 g/mol. The first kappa shape index (κ1) is 8.98. The smallest absolute Gasteiger partial charge is 0.248 e. The van der Waals surface area contributed by atoms with Crippen LogP contribution in [0.15, 0.2) is 23.5 Å². The van der Waals surface area contributed by atoms with Crippen molar-refractivity contribution in [2.75, 3.05) is 0 Å². The Balaban J connectivity index is 3.13. The van der Waals surface area contributed by atoms with Gasteiger partial charge >= 0.3 is 0 Å². The van der Waals surface area contributed by atoms with Gasteiger partial charge in [-0.1, -0.05) is 5.16 Å². The van der Waals surface area contributed by atoms with E-state index >= 15 is 0 Å². The van der Waals surface area contributed by atoms with Crippen LogP contribution in [0.5, 0.6) is 0 Å². The number of amidine groups is 1. The van der Waals surface area contributed by atoms with Gasteiger partial charge in [0.25, 0.3) is 0 Å². The van der Waals surface area contributed by atoms with Gasteiger partial charge in [-0.2, -0.15) is 0 Å². The monoisotopic (exact) mass is 180 g/mol. The van der Waals surface area contributed by atoms with Gasteiger partial charge < -0.3 is 16.7 Å². The summed E-state index contributed by atoms with van der Waals surface area (Å²) in [6, 6.07) is 2.79. The number of oxime groups is 1. The maximum Gasteiger partial charge on any atom is 0.248 e. The van der Waals surface area contributed by atoms with Crippen LogP contribution in [0.4, 0.5) is 0 Å². The summed E-state index contributed by atoms with van der Waals surface area (Å²) in [7, 11) is 0. The highest BCUT2D eigenvalue weighted by Crippen LogP contribution is 2.00. The summed E-state index contributed by atoms with van der Waals surface area (Å²) in [4.78, 5) is 14.5. The summed E-state index contributed by atoms with van der Waals surface area (Å²) < 4.78 is 0. The average molecular weight is 180 g/mol. The first-order valence-electron chi connectivity index (χ1n) is 3.39. The average Bonchev–Trinajstić information content (AvgIpc) is 2.17. The van der Waals surface area contributed by atoms with Crippen molar-refractivity contribution in [2.24, 2.45) is 16.6 Å². The van der Waals surface area contributed by atoms with E-state index in [4.69, 9.17) is 16.7 Å². The van der Waals surface area contributed by atoms with Crippen molar-refractivity contribution in [1.29, 1.82) is 0 Å². The molecule has 6 nitrogen and oxygen atoms in total. The molecule has 0 saturated carbocycles. The summed E-state index contributed by atoms with van der Waals surface area (Å²) in [5.74, 6) is -0.752. The lowest BCUT2D eigenvalue weighted by molar-refractivity contribution is 0.1000. The number of aromatic nitrogens is 1. The Morgan fingerprint density at radius 1 is 1.54 bits per heavy atom. The molecule has 1 amide bonds. The quantitative estimate of drug-likeness (QED) is 0.241. The Kier molecular flexibility index (Phi) is 2.44. The van der Waals surface area contributed by atoms with Crippen molar-refractivity contribution in [3.05, 3.63) is 29.6 Å². The SMILES string of the molecule is NC(=O)c1ccnc(C(N)=NO)c1. The lowest BCUT2D eigenvalue weighted by atomic mass is 10.2. The van der Waals surface area contributed by atoms with E-state index < -0.39 is 5.91 Å². The van der Waals surface area contributed by atoms with E-state index in [0.29, 0.717) is 0 Å². The second-order valence-electron chi connectivity index (χ2n) is 2.28. The molecule has 0 unspecified atom stereocenters. The molecule has 1 rings (SSSR count). The van der Waals surface area contributed by atoms with Gasteiger partial charge in [0, 0.05) is 11.8 Å². The third-order valence-electron chi connectivity index (χ3n) is 1.41. The summed E-state index contributed by atoms with van der Waals surface area (Å²) in [5, 5.41) is 11.1. The van der Waals surface area contributed by atoms with Crippen molar-refractivity contribution in [3.63, 3.8) is 0 Å². The molecule has 0 atom stereocenters. The number of nitrogens with zero attached hydrogens (tertiary/aromatic N) is 2. The van der Waals surface area contributed by atoms with E-state index in [1.165, 1.54) is 18.3 Å². The molecule has 0 fully saturated rings. The maximum atomic E-state index is 10.7. The van der Waals surface area contributed by atoms with Gasteiger partial charge in [-0.25, -0.2) is 0 Å². The largest absolute Gasteiger partial charge is 0.409 e. The highest BCUT2D eigenvalue weighted by molar-refractivity contribution is 5.99. The van der Waals surface area contributed by atoms with Crippen molar-refractivity contribution < 1.29 is 10.0 Å². The third-order valence-corrected chi connectivity index (χ3v) is 1.41. The van der Waals surface area contributed by atoms with Crippen molar-refractivity contribution >= 4 is 11.7 Å². The minimum atomic E-state index is -0.589. The van der Waals surface area contributed by atoms with E-state index in [9.17, 15) is 4.79 Å². The lowest BCUT2D eigenvalue weighted by Gasteiger charge is -1.98. The van der Waals surface area contributed by atoms with E-state index in [1.807, 2.05) is 0 Å². The molecule has 5 N–H and O–H groups in total.